The van der Waals surface area contributed by atoms with Crippen molar-refractivity contribution in [2.24, 2.45) is 0 Å². The predicted octanol–water partition coefficient (Wildman–Crippen LogP) is 2.27. The van der Waals surface area contributed by atoms with E-state index >= 15 is 0 Å². The molecule has 2 aliphatic rings. The van der Waals surface area contributed by atoms with Gasteiger partial charge in [-0.15, -0.1) is 0 Å². The van der Waals surface area contributed by atoms with Crippen molar-refractivity contribution < 1.29 is 19.0 Å². The number of nitrogens with zero attached hydrogens (tertiary/aromatic N) is 4. The number of hydrogen-bond acceptors (Lipinski definition) is 7. The van der Waals surface area contributed by atoms with Crippen LogP contribution in [0.5, 0.6) is 5.88 Å². The Morgan fingerprint density at radius 3 is 2.97 bits per heavy atom. The average molecular weight is 438 g/mol. The van der Waals surface area contributed by atoms with Crippen molar-refractivity contribution in [2.75, 3.05) is 39.2 Å². The summed E-state index contributed by atoms with van der Waals surface area (Å²) >= 11 is 0. The van der Waals surface area contributed by atoms with Crippen LogP contribution >= 0.6 is 0 Å². The number of nitrogens with one attached hydrogen (secondary N) is 1. The van der Waals surface area contributed by atoms with Crippen LogP contribution in [0, 0.1) is 6.92 Å². The first-order chi connectivity index (χ1) is 15.6. The molecule has 4 heterocycles. The van der Waals surface area contributed by atoms with Gasteiger partial charge in [-0.25, -0.2) is 4.52 Å². The van der Waals surface area contributed by atoms with Crippen molar-refractivity contribution in [3.05, 3.63) is 41.7 Å². The molecule has 0 aliphatic carbocycles. The van der Waals surface area contributed by atoms with Crippen molar-refractivity contribution in [3.63, 3.8) is 0 Å². The van der Waals surface area contributed by atoms with Crippen molar-refractivity contribution >= 4 is 17.2 Å². The lowest BCUT2D eigenvalue weighted by atomic mass is 10.0. The number of methoxy groups -OCH3 is 2. The maximum absolute atomic E-state index is 12.8. The Hall–Kier alpha value is -3.17. The minimum absolute atomic E-state index is 0.00188. The average Bonchev–Trinajstić information content (AvgIpc) is 3.32. The third-order valence-corrected chi connectivity index (χ3v) is 6.11. The van der Waals surface area contributed by atoms with Gasteiger partial charge in [0, 0.05) is 56.7 Å². The van der Waals surface area contributed by atoms with Gasteiger partial charge in [0.2, 0.25) is 5.88 Å². The lowest BCUT2D eigenvalue weighted by Gasteiger charge is -2.25. The molecule has 1 unspecified atom stereocenters. The quantitative estimate of drug-likeness (QED) is 0.672. The Morgan fingerprint density at radius 1 is 1.28 bits per heavy atom. The SMILES string of the molecule is COCc1cc2cc(c1)-c1cnn3cc(C)c(nc13)OC[C@@H]1CC(OC)C(=O)N1CCN2. The Balaban J connectivity index is 1.60. The molecule has 2 atom stereocenters. The van der Waals surface area contributed by atoms with E-state index in [4.69, 9.17) is 19.2 Å². The van der Waals surface area contributed by atoms with Crippen LogP contribution in [0.1, 0.15) is 17.5 Å². The summed E-state index contributed by atoms with van der Waals surface area (Å²) in [6.45, 7) is 3.97. The first-order valence-electron chi connectivity index (χ1n) is 10.8. The number of carbonyl (C=O) groups is 1. The minimum Gasteiger partial charge on any atom is -0.475 e. The van der Waals surface area contributed by atoms with Crippen LogP contribution in [-0.2, 0) is 20.9 Å². The van der Waals surface area contributed by atoms with Gasteiger partial charge in [0.15, 0.2) is 5.65 Å². The van der Waals surface area contributed by atoms with Crippen LogP contribution in [0.4, 0.5) is 5.69 Å². The minimum atomic E-state index is -0.436. The van der Waals surface area contributed by atoms with Crippen LogP contribution < -0.4 is 10.1 Å². The van der Waals surface area contributed by atoms with Gasteiger partial charge >= 0.3 is 0 Å². The summed E-state index contributed by atoms with van der Waals surface area (Å²) in [5.74, 6) is 0.554. The molecule has 3 aromatic rings. The summed E-state index contributed by atoms with van der Waals surface area (Å²) in [6.07, 6.45) is 3.91. The fraction of sp³-hybridized carbons (Fsp3) is 0.435. The smallest absolute Gasteiger partial charge is 0.252 e. The highest BCUT2D eigenvalue weighted by Crippen LogP contribution is 2.31. The molecule has 1 N–H and O–H groups in total. The molecule has 0 spiro atoms. The largest absolute Gasteiger partial charge is 0.475 e. The van der Waals surface area contributed by atoms with Crippen LogP contribution in [0.25, 0.3) is 16.8 Å². The fourth-order valence-corrected chi connectivity index (χ4v) is 4.52. The monoisotopic (exact) mass is 437 g/mol. The molecular formula is C23H27N5O4. The van der Waals surface area contributed by atoms with E-state index in [-0.39, 0.29) is 11.9 Å². The zero-order valence-electron chi connectivity index (χ0n) is 18.5. The van der Waals surface area contributed by atoms with Gasteiger partial charge in [0.1, 0.15) is 12.7 Å². The number of amides is 1. The van der Waals surface area contributed by atoms with E-state index in [1.807, 2.05) is 24.2 Å². The van der Waals surface area contributed by atoms with Crippen molar-refractivity contribution in [2.45, 2.75) is 32.1 Å². The maximum atomic E-state index is 12.8. The van der Waals surface area contributed by atoms with Gasteiger partial charge in [-0.05, 0) is 36.2 Å². The molecule has 9 nitrogen and oxygen atoms in total. The van der Waals surface area contributed by atoms with Crippen LogP contribution in [0.2, 0.25) is 0 Å². The van der Waals surface area contributed by atoms with E-state index in [0.717, 1.165) is 33.6 Å². The number of aryl methyl sites for hydroxylation is 1. The zero-order valence-corrected chi connectivity index (χ0v) is 18.5. The van der Waals surface area contributed by atoms with Crippen molar-refractivity contribution in [3.8, 4) is 17.0 Å². The number of rotatable bonds is 3. The third kappa shape index (κ3) is 3.67. The molecule has 2 aromatic heterocycles. The molecule has 1 saturated heterocycles. The second-order valence-corrected chi connectivity index (χ2v) is 8.29. The molecule has 1 fully saturated rings. The molecule has 2 aliphatic heterocycles. The Labute approximate surface area is 186 Å². The molecule has 5 rings (SSSR count). The van der Waals surface area contributed by atoms with Gasteiger partial charge in [0.25, 0.3) is 5.91 Å². The first kappa shape index (κ1) is 20.7. The number of hydrogen-bond donors (Lipinski definition) is 1. The van der Waals surface area contributed by atoms with Crippen molar-refractivity contribution in [1.82, 2.24) is 19.5 Å². The summed E-state index contributed by atoms with van der Waals surface area (Å²) in [6, 6.07) is 6.15. The fourth-order valence-electron chi connectivity index (χ4n) is 4.52. The van der Waals surface area contributed by atoms with Gasteiger partial charge in [-0.3, -0.25) is 4.79 Å². The van der Waals surface area contributed by atoms with Gasteiger partial charge < -0.3 is 24.4 Å². The molecule has 4 bridgehead atoms. The zero-order chi connectivity index (χ0) is 22.2. The van der Waals surface area contributed by atoms with Gasteiger partial charge in [-0.1, -0.05) is 0 Å². The van der Waals surface area contributed by atoms with Gasteiger partial charge in [0.05, 0.1) is 18.8 Å². The second-order valence-electron chi connectivity index (χ2n) is 8.29. The highest BCUT2D eigenvalue weighted by Gasteiger charge is 2.39. The molecule has 0 saturated carbocycles. The predicted molar refractivity (Wildman–Crippen MR) is 119 cm³/mol. The molecule has 168 valence electrons. The number of benzene rings is 1. The van der Waals surface area contributed by atoms with E-state index < -0.39 is 6.10 Å². The van der Waals surface area contributed by atoms with Crippen molar-refractivity contribution in [1.29, 1.82) is 0 Å². The van der Waals surface area contributed by atoms with Crippen LogP contribution in [0.15, 0.2) is 30.6 Å². The molecule has 0 radical (unpaired) electrons. The second kappa shape index (κ2) is 8.40. The summed E-state index contributed by atoms with van der Waals surface area (Å²) in [7, 11) is 3.26. The first-order valence-corrected chi connectivity index (χ1v) is 10.8. The topological polar surface area (TPSA) is 90.2 Å². The Bertz CT molecular complexity index is 1160. The number of aromatic nitrogens is 3. The number of ether oxygens (including phenoxy) is 3. The lowest BCUT2D eigenvalue weighted by molar-refractivity contribution is -0.136. The molecule has 32 heavy (non-hydrogen) atoms. The molecule has 1 amide bonds. The number of carbonyl (C=O) groups excluding carboxylic acids is 1. The number of anilines is 1. The lowest BCUT2D eigenvalue weighted by Crippen LogP contribution is -2.41. The summed E-state index contributed by atoms with van der Waals surface area (Å²) < 4.78 is 18.7. The van der Waals surface area contributed by atoms with Crippen LogP contribution in [0.3, 0.4) is 0 Å². The maximum Gasteiger partial charge on any atom is 0.252 e. The summed E-state index contributed by atoms with van der Waals surface area (Å²) in [5.41, 5.74) is 5.51. The van der Waals surface area contributed by atoms with E-state index in [9.17, 15) is 4.79 Å². The number of fused-ring (bicyclic) bond motifs is 5. The Kier molecular flexibility index (Phi) is 5.44. The summed E-state index contributed by atoms with van der Waals surface area (Å²) in [5, 5.41) is 7.97. The standard InChI is InChI=1S/C23H27N5O4/c1-14-11-28-21-19(10-25-28)16-6-15(12-30-2)7-17(8-16)24-4-5-27-18(13-32-22(14)26-21)9-20(31-3)23(27)29/h6-8,10-11,18,20,24H,4-5,9,12-13H2,1-3H3/t18-,20?/m0/s1. The summed E-state index contributed by atoms with van der Waals surface area (Å²) in [4.78, 5) is 19.5. The third-order valence-electron chi connectivity index (χ3n) is 6.11. The van der Waals surface area contributed by atoms with E-state index in [2.05, 4.69) is 28.6 Å². The highest BCUT2D eigenvalue weighted by atomic mass is 16.5. The van der Waals surface area contributed by atoms with Crippen LogP contribution in [-0.4, -0.2) is 71.5 Å². The van der Waals surface area contributed by atoms with E-state index in [0.29, 0.717) is 38.6 Å². The molecular weight excluding hydrogens is 410 g/mol. The molecule has 9 heteroatoms. The van der Waals surface area contributed by atoms with E-state index in [1.165, 1.54) is 0 Å². The van der Waals surface area contributed by atoms with E-state index in [1.54, 1.807) is 18.7 Å². The Morgan fingerprint density at radius 2 is 2.16 bits per heavy atom. The normalized spacial score (nSPS) is 20.7. The van der Waals surface area contributed by atoms with Gasteiger partial charge in [-0.2, -0.15) is 10.1 Å². The molecule has 1 aromatic carbocycles. The highest BCUT2D eigenvalue weighted by molar-refractivity contribution is 5.84.